The monoisotopic (exact) mass is 409 g/mol. The smallest absolute Gasteiger partial charge is 0.410 e. The number of carbonyl (C=O) groups is 2. The zero-order valence-electron chi connectivity index (χ0n) is 16.7. The molecule has 1 aliphatic carbocycles. The first kappa shape index (κ1) is 20.8. The minimum Gasteiger partial charge on any atom is -0.494 e. The highest BCUT2D eigenvalue weighted by Crippen LogP contribution is 2.60. The van der Waals surface area contributed by atoms with Crippen molar-refractivity contribution in [1.82, 2.24) is 4.90 Å². The third-order valence-electron chi connectivity index (χ3n) is 5.68. The molecule has 2 aliphatic rings. The summed E-state index contributed by atoms with van der Waals surface area (Å²) in [5.74, 6) is 0.153. The highest BCUT2D eigenvalue weighted by atomic mass is 35.5. The van der Waals surface area contributed by atoms with E-state index >= 15 is 0 Å². The number of rotatable bonds is 5. The van der Waals surface area contributed by atoms with Crippen molar-refractivity contribution in [3.8, 4) is 5.75 Å². The number of carboxylic acid groups (broad SMARTS) is 1. The second-order valence-electron chi connectivity index (χ2n) is 8.81. The first-order chi connectivity index (χ1) is 13.1. The molecule has 1 amide bonds. The lowest BCUT2D eigenvalue weighted by molar-refractivity contribution is 0.0163. The molecule has 1 aromatic rings. The molecular formula is C21H28ClNO5. The molecule has 0 unspecified atom stereocenters. The van der Waals surface area contributed by atoms with Crippen molar-refractivity contribution in [2.24, 2.45) is 11.3 Å². The van der Waals surface area contributed by atoms with Gasteiger partial charge < -0.3 is 19.5 Å². The van der Waals surface area contributed by atoms with Crippen LogP contribution in [0.4, 0.5) is 4.79 Å². The molecule has 2 fully saturated rings. The van der Waals surface area contributed by atoms with Crippen LogP contribution in [-0.4, -0.2) is 47.4 Å². The summed E-state index contributed by atoms with van der Waals surface area (Å²) < 4.78 is 11.2. The van der Waals surface area contributed by atoms with Gasteiger partial charge in [-0.25, -0.2) is 9.59 Å². The van der Waals surface area contributed by atoms with Gasteiger partial charge in [0.2, 0.25) is 0 Å². The van der Waals surface area contributed by atoms with Crippen molar-refractivity contribution in [2.45, 2.75) is 52.1 Å². The van der Waals surface area contributed by atoms with E-state index in [0.29, 0.717) is 23.7 Å². The Morgan fingerprint density at radius 1 is 1.29 bits per heavy atom. The fourth-order valence-electron chi connectivity index (χ4n) is 3.99. The van der Waals surface area contributed by atoms with Gasteiger partial charge in [0.1, 0.15) is 11.4 Å². The lowest BCUT2D eigenvalue weighted by Gasteiger charge is -2.34. The van der Waals surface area contributed by atoms with Crippen LogP contribution in [0.2, 0.25) is 5.02 Å². The predicted octanol–water partition coefficient (Wildman–Crippen LogP) is 4.84. The van der Waals surface area contributed by atoms with E-state index in [1.165, 1.54) is 12.5 Å². The Balaban J connectivity index is 1.41. The summed E-state index contributed by atoms with van der Waals surface area (Å²) in [6, 6.07) is 4.65. The quantitative estimate of drug-likeness (QED) is 0.752. The third kappa shape index (κ3) is 4.90. The molecule has 154 valence electrons. The number of piperidine rings is 1. The van der Waals surface area contributed by atoms with E-state index in [1.807, 2.05) is 25.7 Å². The number of amides is 1. The minimum absolute atomic E-state index is 0.0758. The second kappa shape index (κ2) is 7.82. The van der Waals surface area contributed by atoms with E-state index in [0.717, 1.165) is 32.4 Å². The number of aromatic carboxylic acids is 1. The third-order valence-corrected chi connectivity index (χ3v) is 5.99. The molecule has 1 aliphatic heterocycles. The van der Waals surface area contributed by atoms with E-state index in [2.05, 4.69) is 0 Å². The Labute approximate surface area is 170 Å². The highest BCUT2D eigenvalue weighted by Gasteiger charge is 2.54. The Hall–Kier alpha value is -1.95. The molecule has 0 radical (unpaired) electrons. The van der Waals surface area contributed by atoms with Crippen molar-refractivity contribution >= 4 is 23.7 Å². The Kier molecular flexibility index (Phi) is 5.80. The summed E-state index contributed by atoms with van der Waals surface area (Å²) in [5, 5.41) is 9.19. The molecule has 3 rings (SSSR count). The summed E-state index contributed by atoms with van der Waals surface area (Å²) >= 11 is 5.97. The number of benzene rings is 1. The van der Waals surface area contributed by atoms with Crippen LogP contribution in [0.1, 0.15) is 56.8 Å². The molecule has 0 bridgehead atoms. The number of hydrogen-bond acceptors (Lipinski definition) is 4. The van der Waals surface area contributed by atoms with Gasteiger partial charge in [-0.15, -0.1) is 0 Å². The summed E-state index contributed by atoms with van der Waals surface area (Å²) in [6.07, 6.45) is 3.93. The van der Waals surface area contributed by atoms with E-state index < -0.39 is 11.6 Å². The lowest BCUT2D eigenvalue weighted by Crippen LogP contribution is -2.42. The number of carboxylic acids is 1. The normalized spacial score (nSPS) is 20.7. The summed E-state index contributed by atoms with van der Waals surface area (Å²) in [7, 11) is 0. The second-order valence-corrected chi connectivity index (χ2v) is 9.22. The molecule has 1 atom stereocenters. The largest absolute Gasteiger partial charge is 0.494 e. The van der Waals surface area contributed by atoms with Crippen LogP contribution in [0.15, 0.2) is 18.2 Å². The summed E-state index contributed by atoms with van der Waals surface area (Å²) in [5.41, 5.74) is -0.0453. The highest BCUT2D eigenvalue weighted by molar-refractivity contribution is 6.33. The molecule has 1 N–H and O–H groups in total. The molecular weight excluding hydrogens is 382 g/mol. The number of halogens is 1. The first-order valence-electron chi connectivity index (χ1n) is 9.73. The fourth-order valence-corrected chi connectivity index (χ4v) is 4.24. The van der Waals surface area contributed by atoms with Crippen LogP contribution >= 0.6 is 11.6 Å². The number of nitrogens with zero attached hydrogens (tertiary/aromatic N) is 1. The zero-order valence-corrected chi connectivity index (χ0v) is 17.4. The topological polar surface area (TPSA) is 76.1 Å². The van der Waals surface area contributed by atoms with Gasteiger partial charge >= 0.3 is 12.1 Å². The molecule has 1 saturated carbocycles. The summed E-state index contributed by atoms with van der Waals surface area (Å²) in [4.78, 5) is 25.0. The number of ether oxygens (including phenoxy) is 2. The molecule has 6 nitrogen and oxygen atoms in total. The Morgan fingerprint density at radius 3 is 2.54 bits per heavy atom. The average molecular weight is 410 g/mol. The van der Waals surface area contributed by atoms with Crippen molar-refractivity contribution in [3.05, 3.63) is 28.8 Å². The van der Waals surface area contributed by atoms with Crippen molar-refractivity contribution in [1.29, 1.82) is 0 Å². The molecule has 1 aromatic carbocycles. The zero-order chi connectivity index (χ0) is 20.5. The van der Waals surface area contributed by atoms with Crippen LogP contribution < -0.4 is 4.74 Å². The first-order valence-corrected chi connectivity index (χ1v) is 10.1. The van der Waals surface area contributed by atoms with Crippen LogP contribution in [0.25, 0.3) is 0 Å². The van der Waals surface area contributed by atoms with Gasteiger partial charge in [0.15, 0.2) is 0 Å². The van der Waals surface area contributed by atoms with Gasteiger partial charge in [-0.05, 0) is 76.0 Å². The van der Waals surface area contributed by atoms with Gasteiger partial charge in [-0.2, -0.15) is 0 Å². The van der Waals surface area contributed by atoms with Gasteiger partial charge in [-0.1, -0.05) is 11.6 Å². The molecule has 1 heterocycles. The van der Waals surface area contributed by atoms with Gasteiger partial charge in [0.05, 0.1) is 17.2 Å². The van der Waals surface area contributed by atoms with Crippen LogP contribution in [0, 0.1) is 11.3 Å². The van der Waals surface area contributed by atoms with Crippen molar-refractivity contribution in [2.75, 3.05) is 19.7 Å². The Morgan fingerprint density at radius 2 is 1.96 bits per heavy atom. The van der Waals surface area contributed by atoms with E-state index in [4.69, 9.17) is 26.2 Å². The van der Waals surface area contributed by atoms with Crippen LogP contribution in [0.5, 0.6) is 5.75 Å². The fraction of sp³-hybridized carbons (Fsp3) is 0.619. The molecule has 1 spiro atoms. The number of likely N-dealkylation sites (tertiary alicyclic amines) is 1. The summed E-state index contributed by atoms with van der Waals surface area (Å²) in [6.45, 7) is 7.73. The van der Waals surface area contributed by atoms with Gasteiger partial charge in [-0.3, -0.25) is 0 Å². The standard InChI is InChI=1S/C21H28ClNO5/c1-20(2,3)28-19(26)23-9-7-21(8-10-23)13-14(21)6-11-27-15-4-5-16(18(24)25)17(22)12-15/h4-5,12,14H,6-11,13H2,1-3H3,(H,24,25)/t14-/m1/s1. The maximum absolute atomic E-state index is 12.2. The number of hydrogen-bond donors (Lipinski definition) is 1. The SMILES string of the molecule is CC(C)(C)OC(=O)N1CCC2(CC1)C[C@H]2CCOc1ccc(C(=O)O)c(Cl)c1. The predicted molar refractivity (Wildman–Crippen MR) is 106 cm³/mol. The number of carbonyl (C=O) groups excluding carboxylic acids is 1. The van der Waals surface area contributed by atoms with Gasteiger partial charge in [0, 0.05) is 13.1 Å². The maximum Gasteiger partial charge on any atom is 0.410 e. The van der Waals surface area contributed by atoms with E-state index in [1.54, 1.807) is 12.1 Å². The Bertz CT molecular complexity index is 750. The van der Waals surface area contributed by atoms with Gasteiger partial charge in [0.25, 0.3) is 0 Å². The molecule has 1 saturated heterocycles. The van der Waals surface area contributed by atoms with E-state index in [-0.39, 0.29) is 16.7 Å². The van der Waals surface area contributed by atoms with E-state index in [9.17, 15) is 9.59 Å². The van der Waals surface area contributed by atoms with Crippen molar-refractivity contribution in [3.63, 3.8) is 0 Å². The average Bonchev–Trinajstić information content (AvgIpc) is 3.25. The minimum atomic E-state index is -1.05. The molecule has 28 heavy (non-hydrogen) atoms. The van der Waals surface area contributed by atoms with Crippen LogP contribution in [0.3, 0.4) is 0 Å². The molecule has 7 heteroatoms. The maximum atomic E-state index is 12.2. The van der Waals surface area contributed by atoms with Crippen molar-refractivity contribution < 1.29 is 24.2 Å². The van der Waals surface area contributed by atoms with Crippen LogP contribution in [-0.2, 0) is 4.74 Å². The lowest BCUT2D eigenvalue weighted by atomic mass is 9.90. The molecule has 0 aromatic heterocycles.